The maximum absolute atomic E-state index is 11.5. The van der Waals surface area contributed by atoms with Gasteiger partial charge in [0, 0.05) is 25.2 Å². The number of carboxylic acids is 5. The van der Waals surface area contributed by atoms with E-state index in [0.717, 1.165) is 9.80 Å². The van der Waals surface area contributed by atoms with Gasteiger partial charge in [-0.15, -0.1) is 0 Å². The fraction of sp³-hybridized carbons (Fsp3) is 0.688. The Morgan fingerprint density at radius 2 is 1.40 bits per heavy atom. The van der Waals surface area contributed by atoms with Crippen molar-refractivity contribution >= 4 is 29.8 Å². The molecule has 0 aliphatic carbocycles. The van der Waals surface area contributed by atoms with E-state index in [4.69, 9.17) is 15.3 Å². The van der Waals surface area contributed by atoms with Crippen LogP contribution in [0.15, 0.2) is 0 Å². The quantitative estimate of drug-likeness (QED) is 0.159. The smallest absolute Gasteiger partial charge is 0.320 e. The van der Waals surface area contributed by atoms with Crippen molar-refractivity contribution in [2.45, 2.75) is 24.5 Å². The molecular weight excluding hydrogens is 410 g/mol. The van der Waals surface area contributed by atoms with E-state index >= 15 is 0 Å². The SMILES string of the molecule is O=C(O)CN(CC(=O)O)C[C@H](CO)N(CC(=O)O)[C@H]1C[C@@H](C(=O)O)N(CC(=O)O)C1. The van der Waals surface area contributed by atoms with E-state index < -0.39 is 80.8 Å². The van der Waals surface area contributed by atoms with Crippen LogP contribution in [0, 0.1) is 0 Å². The third-order valence-corrected chi connectivity index (χ3v) is 4.66. The Hall–Kier alpha value is -2.81. The lowest BCUT2D eigenvalue weighted by Crippen LogP contribution is -2.54. The van der Waals surface area contributed by atoms with Crippen LogP contribution in [0.5, 0.6) is 0 Å². The highest BCUT2D eigenvalue weighted by molar-refractivity contribution is 5.76. The highest BCUT2D eigenvalue weighted by Crippen LogP contribution is 2.24. The van der Waals surface area contributed by atoms with Crippen LogP contribution >= 0.6 is 0 Å². The number of rotatable bonds is 14. The molecule has 1 saturated heterocycles. The van der Waals surface area contributed by atoms with Crippen molar-refractivity contribution in [3.63, 3.8) is 0 Å². The van der Waals surface area contributed by atoms with E-state index in [9.17, 15) is 39.3 Å². The van der Waals surface area contributed by atoms with E-state index in [1.165, 1.54) is 4.90 Å². The van der Waals surface area contributed by atoms with E-state index in [-0.39, 0.29) is 19.5 Å². The predicted octanol–water partition coefficient (Wildman–Crippen LogP) is -3.18. The Kier molecular flexibility index (Phi) is 9.58. The summed E-state index contributed by atoms with van der Waals surface area (Å²) in [4.78, 5) is 59.3. The molecule has 0 bridgehead atoms. The van der Waals surface area contributed by atoms with Crippen LogP contribution in [-0.2, 0) is 24.0 Å². The van der Waals surface area contributed by atoms with Crippen molar-refractivity contribution in [3.8, 4) is 0 Å². The monoisotopic (exact) mass is 435 g/mol. The second-order valence-electron chi connectivity index (χ2n) is 6.93. The highest BCUT2D eigenvalue weighted by Gasteiger charge is 2.42. The van der Waals surface area contributed by atoms with E-state index in [1.807, 2.05) is 0 Å². The first kappa shape index (κ1) is 25.2. The number of carbonyl (C=O) groups is 5. The normalized spacial score (nSPS) is 20.4. The minimum absolute atomic E-state index is 0.106. The number of nitrogens with zero attached hydrogens (tertiary/aromatic N) is 3. The lowest BCUT2D eigenvalue weighted by atomic mass is 10.1. The van der Waals surface area contributed by atoms with Gasteiger partial charge in [-0.1, -0.05) is 0 Å². The molecule has 14 nitrogen and oxygen atoms in total. The van der Waals surface area contributed by atoms with Crippen molar-refractivity contribution in [1.82, 2.24) is 14.7 Å². The van der Waals surface area contributed by atoms with Gasteiger partial charge in [-0.2, -0.15) is 0 Å². The van der Waals surface area contributed by atoms with Crippen molar-refractivity contribution in [2.24, 2.45) is 0 Å². The van der Waals surface area contributed by atoms with Crippen molar-refractivity contribution in [3.05, 3.63) is 0 Å². The molecule has 0 unspecified atom stereocenters. The van der Waals surface area contributed by atoms with E-state index in [2.05, 4.69) is 0 Å². The molecule has 0 spiro atoms. The zero-order chi connectivity index (χ0) is 23.0. The minimum Gasteiger partial charge on any atom is -0.480 e. The van der Waals surface area contributed by atoms with Gasteiger partial charge in [0.1, 0.15) is 6.04 Å². The average Bonchev–Trinajstić information content (AvgIpc) is 2.99. The van der Waals surface area contributed by atoms with Crippen LogP contribution < -0.4 is 0 Å². The highest BCUT2D eigenvalue weighted by atomic mass is 16.4. The maximum Gasteiger partial charge on any atom is 0.320 e. The van der Waals surface area contributed by atoms with Crippen LogP contribution in [0.2, 0.25) is 0 Å². The third-order valence-electron chi connectivity index (χ3n) is 4.66. The molecule has 6 N–H and O–H groups in total. The first-order valence-electron chi connectivity index (χ1n) is 8.87. The Labute approximate surface area is 170 Å². The second kappa shape index (κ2) is 11.4. The summed E-state index contributed by atoms with van der Waals surface area (Å²) in [5, 5.41) is 55.3. The summed E-state index contributed by atoms with van der Waals surface area (Å²) in [6.07, 6.45) is -0.121. The molecule has 1 fully saturated rings. The van der Waals surface area contributed by atoms with Gasteiger partial charge >= 0.3 is 29.8 Å². The molecule has 1 aliphatic heterocycles. The van der Waals surface area contributed by atoms with Gasteiger partial charge in [0.25, 0.3) is 0 Å². The number of hydrogen-bond donors (Lipinski definition) is 6. The van der Waals surface area contributed by atoms with Crippen LogP contribution in [0.1, 0.15) is 6.42 Å². The summed E-state index contributed by atoms with van der Waals surface area (Å²) >= 11 is 0. The number of aliphatic hydroxyl groups excluding tert-OH is 1. The van der Waals surface area contributed by atoms with Crippen LogP contribution in [-0.4, -0.2) is 139 Å². The molecule has 14 heteroatoms. The fourth-order valence-electron chi connectivity index (χ4n) is 3.57. The lowest BCUT2D eigenvalue weighted by molar-refractivity contribution is -0.145. The zero-order valence-corrected chi connectivity index (χ0v) is 16.0. The lowest BCUT2D eigenvalue weighted by Gasteiger charge is -2.36. The Bertz CT molecular complexity index is 655. The predicted molar refractivity (Wildman–Crippen MR) is 96.0 cm³/mol. The summed E-state index contributed by atoms with van der Waals surface area (Å²) < 4.78 is 0. The van der Waals surface area contributed by atoms with Crippen LogP contribution in [0.4, 0.5) is 0 Å². The number of aliphatic carboxylic acids is 5. The largest absolute Gasteiger partial charge is 0.480 e. The minimum atomic E-state index is -1.32. The molecule has 0 aromatic carbocycles. The topological polar surface area (TPSA) is 216 Å². The van der Waals surface area contributed by atoms with Gasteiger partial charge < -0.3 is 30.6 Å². The van der Waals surface area contributed by atoms with Gasteiger partial charge in [0.05, 0.1) is 32.8 Å². The number of hydrogen-bond acceptors (Lipinski definition) is 9. The molecule has 170 valence electrons. The van der Waals surface area contributed by atoms with Crippen molar-refractivity contribution < 1.29 is 54.6 Å². The average molecular weight is 435 g/mol. The fourth-order valence-corrected chi connectivity index (χ4v) is 3.57. The van der Waals surface area contributed by atoms with Gasteiger partial charge in [-0.3, -0.25) is 38.7 Å². The molecule has 1 heterocycles. The number of aliphatic hydroxyl groups is 1. The molecular formula is C16H25N3O11. The molecule has 0 saturated carbocycles. The molecule has 1 aliphatic rings. The summed E-state index contributed by atoms with van der Waals surface area (Å²) in [6, 6.07) is -2.98. The summed E-state index contributed by atoms with van der Waals surface area (Å²) in [7, 11) is 0. The molecule has 1 rings (SSSR count). The van der Waals surface area contributed by atoms with Gasteiger partial charge in [0.2, 0.25) is 0 Å². The van der Waals surface area contributed by atoms with Crippen LogP contribution in [0.25, 0.3) is 0 Å². The first-order valence-corrected chi connectivity index (χ1v) is 8.87. The van der Waals surface area contributed by atoms with Crippen molar-refractivity contribution in [2.75, 3.05) is 45.9 Å². The summed E-state index contributed by atoms with van der Waals surface area (Å²) in [5.74, 6) is -6.50. The van der Waals surface area contributed by atoms with Gasteiger partial charge in [-0.25, -0.2) is 0 Å². The number of likely N-dealkylation sites (tertiary alicyclic amines) is 1. The molecule has 3 atom stereocenters. The third kappa shape index (κ3) is 7.90. The van der Waals surface area contributed by atoms with Crippen LogP contribution in [0.3, 0.4) is 0 Å². The second-order valence-corrected chi connectivity index (χ2v) is 6.93. The zero-order valence-electron chi connectivity index (χ0n) is 16.0. The Balaban J connectivity index is 3.10. The Morgan fingerprint density at radius 3 is 1.80 bits per heavy atom. The van der Waals surface area contributed by atoms with Gasteiger partial charge in [0.15, 0.2) is 0 Å². The molecule has 0 aromatic rings. The standard InChI is InChI=1S/C16H25N3O11/c20-8-10(2-17(4-12(21)22)5-13(23)24)19(7-15(27)28)9-1-11(16(29)30)18(3-9)6-14(25)26/h9-11,20H,1-8H2,(H,21,22)(H,23,24)(H,25,26)(H,27,28)(H,29,30)/t9-,10+,11-/m0/s1. The Morgan fingerprint density at radius 1 is 0.867 bits per heavy atom. The molecule has 30 heavy (non-hydrogen) atoms. The summed E-state index contributed by atoms with van der Waals surface area (Å²) in [6.45, 7) is -3.63. The van der Waals surface area contributed by atoms with Crippen molar-refractivity contribution in [1.29, 1.82) is 0 Å². The molecule has 0 amide bonds. The number of carboxylic acid groups (broad SMARTS) is 5. The van der Waals surface area contributed by atoms with E-state index in [0.29, 0.717) is 0 Å². The summed E-state index contributed by atoms with van der Waals surface area (Å²) in [5.41, 5.74) is 0. The first-order chi connectivity index (χ1) is 13.9. The van der Waals surface area contributed by atoms with E-state index in [1.54, 1.807) is 0 Å². The maximum atomic E-state index is 11.5. The molecule has 0 aromatic heterocycles. The van der Waals surface area contributed by atoms with Gasteiger partial charge in [-0.05, 0) is 6.42 Å². The molecule has 0 radical (unpaired) electrons.